The van der Waals surface area contributed by atoms with Gasteiger partial charge in [0, 0.05) is 49.1 Å². The molecule has 0 aliphatic carbocycles. The van der Waals surface area contributed by atoms with Crippen LogP contribution < -0.4 is 9.80 Å². The van der Waals surface area contributed by atoms with E-state index in [0.717, 1.165) is 33.8 Å². The Hall–Kier alpha value is -3.41. The van der Waals surface area contributed by atoms with Crippen molar-refractivity contribution < 1.29 is 14.3 Å². The first-order valence-corrected chi connectivity index (χ1v) is 12.6. The van der Waals surface area contributed by atoms with Gasteiger partial charge in [0.05, 0.1) is 12.5 Å². The zero-order chi connectivity index (χ0) is 25.4. The molecule has 184 valence electrons. The molecule has 6 rings (SSSR count). The minimum absolute atomic E-state index is 0.112. The van der Waals surface area contributed by atoms with Gasteiger partial charge in [-0.05, 0) is 64.7 Å². The molecule has 0 fully saturated rings. The third-order valence-corrected chi connectivity index (χ3v) is 7.36. The number of halogens is 1. The number of anilines is 2. The van der Waals surface area contributed by atoms with Crippen LogP contribution in [0.1, 0.15) is 37.0 Å². The van der Waals surface area contributed by atoms with Crippen molar-refractivity contribution in [3.8, 4) is 0 Å². The van der Waals surface area contributed by atoms with E-state index in [2.05, 4.69) is 18.2 Å². The molecule has 36 heavy (non-hydrogen) atoms. The van der Waals surface area contributed by atoms with Crippen LogP contribution in [0.3, 0.4) is 0 Å². The van der Waals surface area contributed by atoms with Crippen molar-refractivity contribution in [2.45, 2.75) is 32.3 Å². The topological polar surface area (TPSA) is 49.9 Å². The van der Waals surface area contributed by atoms with E-state index in [1.165, 1.54) is 21.7 Å². The first-order chi connectivity index (χ1) is 17.4. The van der Waals surface area contributed by atoms with Gasteiger partial charge in [0.15, 0.2) is 0 Å². The molecule has 0 aromatic heterocycles. The van der Waals surface area contributed by atoms with E-state index >= 15 is 0 Å². The third kappa shape index (κ3) is 4.34. The summed E-state index contributed by atoms with van der Waals surface area (Å²) >= 11 is 5.99. The molecule has 4 aromatic carbocycles. The average molecular weight is 501 g/mol. The number of fused-ring (bicyclic) bond motifs is 6. The number of amides is 2. The molecule has 2 amide bonds. The molecule has 2 aliphatic heterocycles. The van der Waals surface area contributed by atoms with Gasteiger partial charge in [-0.2, -0.15) is 0 Å². The van der Waals surface area contributed by atoms with E-state index in [1.807, 2.05) is 69.6 Å². The highest BCUT2D eigenvalue weighted by Crippen LogP contribution is 2.40. The lowest BCUT2D eigenvalue weighted by atomic mass is 9.92. The van der Waals surface area contributed by atoms with Crippen LogP contribution in [0, 0.1) is 0 Å². The molecule has 2 aliphatic rings. The van der Waals surface area contributed by atoms with Gasteiger partial charge >= 0.3 is 0 Å². The van der Waals surface area contributed by atoms with E-state index in [0.29, 0.717) is 19.4 Å². The van der Waals surface area contributed by atoms with E-state index in [-0.39, 0.29) is 17.9 Å². The quantitative estimate of drug-likeness (QED) is 0.308. The summed E-state index contributed by atoms with van der Waals surface area (Å²) in [5, 5.41) is 5.45. The Morgan fingerprint density at radius 2 is 1.56 bits per heavy atom. The first kappa shape index (κ1) is 24.3. The van der Waals surface area contributed by atoms with Crippen molar-refractivity contribution in [2.75, 3.05) is 30.5 Å². The summed E-state index contributed by atoms with van der Waals surface area (Å²) in [4.78, 5) is 27.2. The summed E-state index contributed by atoms with van der Waals surface area (Å²) in [5.74, 6) is 0.298. The van der Waals surface area contributed by atoms with Crippen LogP contribution in [-0.2, 0) is 20.7 Å². The molecule has 1 unspecified atom stereocenters. The van der Waals surface area contributed by atoms with E-state index in [1.54, 1.807) is 9.80 Å². The molecule has 0 radical (unpaired) electrons. The second-order valence-corrected chi connectivity index (χ2v) is 9.64. The monoisotopic (exact) mass is 500 g/mol. The molecule has 0 bridgehead atoms. The highest BCUT2D eigenvalue weighted by atomic mass is 35.5. The van der Waals surface area contributed by atoms with Crippen molar-refractivity contribution >= 4 is 56.3 Å². The van der Waals surface area contributed by atoms with Crippen LogP contribution >= 0.6 is 11.6 Å². The molecule has 2 heterocycles. The Morgan fingerprint density at radius 1 is 0.833 bits per heavy atom. The number of hydrogen-bond donors (Lipinski definition) is 0. The number of carbonyl (C=O) groups is 2. The van der Waals surface area contributed by atoms with Crippen molar-refractivity contribution in [1.29, 1.82) is 0 Å². The van der Waals surface area contributed by atoms with Crippen molar-refractivity contribution in [3.05, 3.63) is 82.9 Å². The number of rotatable bonds is 2. The first-order valence-electron chi connectivity index (χ1n) is 12.3. The summed E-state index contributed by atoms with van der Waals surface area (Å²) in [6.07, 6.45) is 1.70. The van der Waals surface area contributed by atoms with Crippen LogP contribution in [0.2, 0.25) is 5.02 Å². The average Bonchev–Trinajstić information content (AvgIpc) is 2.89. The van der Waals surface area contributed by atoms with Crippen molar-refractivity contribution in [2.24, 2.45) is 0 Å². The summed E-state index contributed by atoms with van der Waals surface area (Å²) in [6, 6.07) is 22.3. The standard InChI is InChI=1S/C16H17NO2.C14H12ClNO/c1-3-19-14-10-15(18)17(2)13-9-8-11-6-4-5-7-12(11)16(13)14;1-16-13-6-2-9-8-10(15)3-4-11(9)12(13)5-7-14(16)17/h4-9,14H,3,10H2,1-2H3;2-4,6,8H,5,7H2,1H3. The van der Waals surface area contributed by atoms with E-state index in [9.17, 15) is 9.59 Å². The molecule has 1 atom stereocenters. The molecule has 4 aromatic rings. The predicted octanol–water partition coefficient (Wildman–Crippen LogP) is 6.69. The van der Waals surface area contributed by atoms with Crippen LogP contribution in [0.5, 0.6) is 0 Å². The fourth-order valence-electron chi connectivity index (χ4n) is 5.25. The van der Waals surface area contributed by atoms with Gasteiger partial charge in [-0.3, -0.25) is 9.59 Å². The van der Waals surface area contributed by atoms with Gasteiger partial charge in [-0.1, -0.05) is 54.1 Å². The Bertz CT molecular complexity index is 1480. The van der Waals surface area contributed by atoms with Crippen LogP contribution in [-0.4, -0.2) is 32.5 Å². The molecule has 0 saturated carbocycles. The fraction of sp³-hybridized carbons (Fsp3) is 0.267. The number of nitrogens with zero attached hydrogens (tertiary/aromatic N) is 2. The number of aryl methyl sites for hydroxylation is 1. The Labute approximate surface area is 216 Å². The zero-order valence-electron chi connectivity index (χ0n) is 20.8. The largest absolute Gasteiger partial charge is 0.373 e. The summed E-state index contributed by atoms with van der Waals surface area (Å²) in [5.41, 5.74) is 4.38. The molecule has 6 heteroatoms. The second-order valence-electron chi connectivity index (χ2n) is 9.20. The maximum Gasteiger partial charge on any atom is 0.229 e. The van der Waals surface area contributed by atoms with Crippen LogP contribution in [0.25, 0.3) is 21.5 Å². The van der Waals surface area contributed by atoms with Gasteiger partial charge in [-0.25, -0.2) is 0 Å². The summed E-state index contributed by atoms with van der Waals surface area (Å²) < 4.78 is 5.79. The van der Waals surface area contributed by atoms with Gasteiger partial charge < -0.3 is 14.5 Å². The normalized spacial score (nSPS) is 17.1. The third-order valence-electron chi connectivity index (χ3n) is 7.13. The SMILES string of the molecule is CCOC1CC(=O)N(C)c2ccc3ccccc3c21.CN1C(=O)CCc2c1ccc1cc(Cl)ccc21. The lowest BCUT2D eigenvalue weighted by molar-refractivity contribution is -0.122. The number of hydrogen-bond acceptors (Lipinski definition) is 3. The second kappa shape index (κ2) is 9.92. The molecule has 0 N–H and O–H groups in total. The van der Waals surface area contributed by atoms with Gasteiger partial charge in [0.25, 0.3) is 0 Å². The zero-order valence-corrected chi connectivity index (χ0v) is 21.5. The smallest absolute Gasteiger partial charge is 0.229 e. The molecular formula is C30H29ClN2O3. The highest BCUT2D eigenvalue weighted by molar-refractivity contribution is 6.31. The Balaban J connectivity index is 0.000000149. The molecule has 0 spiro atoms. The number of ether oxygens (including phenoxy) is 1. The highest BCUT2D eigenvalue weighted by Gasteiger charge is 2.31. The minimum atomic E-state index is -0.130. The predicted molar refractivity (Wildman–Crippen MR) is 147 cm³/mol. The van der Waals surface area contributed by atoms with Gasteiger partial charge in [0.1, 0.15) is 0 Å². The van der Waals surface area contributed by atoms with Crippen LogP contribution in [0.4, 0.5) is 11.4 Å². The Kier molecular flexibility index (Phi) is 6.69. The van der Waals surface area contributed by atoms with Crippen LogP contribution in [0.15, 0.2) is 66.7 Å². The van der Waals surface area contributed by atoms with Crippen molar-refractivity contribution in [3.63, 3.8) is 0 Å². The van der Waals surface area contributed by atoms with Gasteiger partial charge in [-0.15, -0.1) is 0 Å². The summed E-state index contributed by atoms with van der Waals surface area (Å²) in [7, 11) is 3.67. The number of benzene rings is 4. The minimum Gasteiger partial charge on any atom is -0.373 e. The maximum atomic E-state index is 12.0. The van der Waals surface area contributed by atoms with E-state index in [4.69, 9.17) is 16.3 Å². The van der Waals surface area contributed by atoms with Gasteiger partial charge in [0.2, 0.25) is 11.8 Å². The van der Waals surface area contributed by atoms with Crippen molar-refractivity contribution in [1.82, 2.24) is 0 Å². The maximum absolute atomic E-state index is 12.0. The fourth-order valence-corrected chi connectivity index (χ4v) is 5.44. The lowest BCUT2D eigenvalue weighted by Crippen LogP contribution is -2.34. The Morgan fingerprint density at radius 3 is 2.36 bits per heavy atom. The lowest BCUT2D eigenvalue weighted by Gasteiger charge is -2.32. The molecule has 0 saturated heterocycles. The number of carbonyl (C=O) groups excluding carboxylic acids is 2. The van der Waals surface area contributed by atoms with E-state index < -0.39 is 0 Å². The molecule has 5 nitrogen and oxygen atoms in total. The summed E-state index contributed by atoms with van der Waals surface area (Å²) in [6.45, 7) is 2.58. The molecular weight excluding hydrogens is 472 g/mol.